The Hall–Kier alpha value is -2.16. The van der Waals surface area contributed by atoms with E-state index in [1.165, 1.54) is 12.1 Å². The molecule has 0 saturated carbocycles. The van der Waals surface area contributed by atoms with E-state index in [1.807, 2.05) is 0 Å². The quantitative estimate of drug-likeness (QED) is 0.617. The van der Waals surface area contributed by atoms with E-state index in [-0.39, 0.29) is 12.1 Å². The predicted molar refractivity (Wildman–Crippen MR) is 74.5 cm³/mol. The largest absolute Gasteiger partial charge is 0.481 e. The number of carbonyl (C=O) groups excluding carboxylic acids is 1. The van der Waals surface area contributed by atoms with Crippen molar-refractivity contribution >= 4 is 39.6 Å². The third-order valence-corrected chi connectivity index (χ3v) is 3.12. The molecule has 0 spiro atoms. The van der Waals surface area contributed by atoms with Gasteiger partial charge in [0.2, 0.25) is 0 Å². The summed E-state index contributed by atoms with van der Waals surface area (Å²) in [5, 5.41) is 21.8. The number of halogens is 2. The second-order valence-electron chi connectivity index (χ2n) is 4.05. The molecule has 1 aromatic rings. The second-order valence-corrected chi connectivity index (χ2v) is 4.90. The minimum absolute atomic E-state index is 0.120. The summed E-state index contributed by atoms with van der Waals surface area (Å²) in [7, 11) is 0. The molecule has 7 nitrogen and oxygen atoms in total. The summed E-state index contributed by atoms with van der Waals surface area (Å²) in [5.41, 5.74) is 0.120. The number of amides is 2. The smallest absolute Gasteiger partial charge is 0.326 e. The lowest BCUT2D eigenvalue weighted by atomic mass is 10.1. The maximum atomic E-state index is 13.0. The van der Waals surface area contributed by atoms with Crippen molar-refractivity contribution in [2.24, 2.45) is 0 Å². The third kappa shape index (κ3) is 5.78. The Kier molecular flexibility index (Phi) is 6.10. The van der Waals surface area contributed by atoms with E-state index in [0.717, 1.165) is 6.07 Å². The van der Waals surface area contributed by atoms with E-state index in [4.69, 9.17) is 10.2 Å². The highest BCUT2D eigenvalue weighted by Crippen LogP contribution is 2.22. The van der Waals surface area contributed by atoms with Gasteiger partial charge < -0.3 is 20.8 Å². The zero-order chi connectivity index (χ0) is 16.0. The average molecular weight is 363 g/mol. The van der Waals surface area contributed by atoms with Crippen LogP contribution >= 0.6 is 15.9 Å². The van der Waals surface area contributed by atoms with Gasteiger partial charge in [0.1, 0.15) is 11.9 Å². The van der Waals surface area contributed by atoms with Gasteiger partial charge in [-0.15, -0.1) is 0 Å². The van der Waals surface area contributed by atoms with Crippen molar-refractivity contribution in [3.05, 3.63) is 28.5 Å². The molecule has 0 radical (unpaired) electrons. The number of carboxylic acids is 2. The lowest BCUT2D eigenvalue weighted by Gasteiger charge is -2.15. The lowest BCUT2D eigenvalue weighted by Crippen LogP contribution is -2.43. The molecule has 1 aromatic carbocycles. The first-order chi connectivity index (χ1) is 9.79. The van der Waals surface area contributed by atoms with Crippen LogP contribution in [0, 0.1) is 5.82 Å². The van der Waals surface area contributed by atoms with Crippen LogP contribution in [-0.4, -0.2) is 34.2 Å². The standard InChI is InChI=1S/C12H12BrFN2O5/c13-7-2-1-6(14)5-9(7)16-12(21)15-8(11(19)20)3-4-10(17)18/h1-2,5,8H,3-4H2,(H,17,18)(H,19,20)(H2,15,16,21)/t8-/m0/s1. The number of benzene rings is 1. The van der Waals surface area contributed by atoms with Gasteiger partial charge in [-0.3, -0.25) is 4.79 Å². The molecule has 1 rings (SSSR count). The van der Waals surface area contributed by atoms with Crippen LogP contribution in [-0.2, 0) is 9.59 Å². The molecule has 114 valence electrons. The molecule has 21 heavy (non-hydrogen) atoms. The minimum Gasteiger partial charge on any atom is -0.481 e. The van der Waals surface area contributed by atoms with Gasteiger partial charge in [-0.25, -0.2) is 14.0 Å². The monoisotopic (exact) mass is 362 g/mol. The molecule has 0 aliphatic rings. The van der Waals surface area contributed by atoms with Crippen LogP contribution in [0.1, 0.15) is 12.8 Å². The predicted octanol–water partition coefficient (Wildman–Crippen LogP) is 2.03. The average Bonchev–Trinajstić information content (AvgIpc) is 2.38. The summed E-state index contributed by atoms with van der Waals surface area (Å²) in [6.45, 7) is 0. The zero-order valence-corrected chi connectivity index (χ0v) is 12.2. The van der Waals surface area contributed by atoms with E-state index in [0.29, 0.717) is 4.47 Å². The zero-order valence-electron chi connectivity index (χ0n) is 10.6. The van der Waals surface area contributed by atoms with Crippen LogP contribution in [0.4, 0.5) is 14.9 Å². The highest BCUT2D eigenvalue weighted by Gasteiger charge is 2.21. The van der Waals surface area contributed by atoms with Crippen LogP contribution in [0.15, 0.2) is 22.7 Å². The molecular weight excluding hydrogens is 351 g/mol. The van der Waals surface area contributed by atoms with Crippen LogP contribution in [0.3, 0.4) is 0 Å². The molecule has 0 saturated heterocycles. The molecule has 0 unspecified atom stereocenters. The van der Waals surface area contributed by atoms with Crippen LogP contribution in [0.2, 0.25) is 0 Å². The summed E-state index contributed by atoms with van der Waals surface area (Å²) in [6.07, 6.45) is -0.663. The molecular formula is C12H12BrFN2O5. The number of anilines is 1. The third-order valence-electron chi connectivity index (χ3n) is 2.43. The second kappa shape index (κ2) is 7.58. The lowest BCUT2D eigenvalue weighted by molar-refractivity contribution is -0.140. The van der Waals surface area contributed by atoms with E-state index < -0.39 is 36.2 Å². The van der Waals surface area contributed by atoms with Gasteiger partial charge in [0, 0.05) is 10.9 Å². The number of nitrogens with one attached hydrogen (secondary N) is 2. The fourth-order valence-electron chi connectivity index (χ4n) is 1.44. The molecule has 4 N–H and O–H groups in total. The van der Waals surface area contributed by atoms with Crippen molar-refractivity contribution in [3.63, 3.8) is 0 Å². The molecule has 0 bridgehead atoms. The van der Waals surface area contributed by atoms with E-state index in [2.05, 4.69) is 26.6 Å². The molecule has 0 aromatic heterocycles. The summed E-state index contributed by atoms with van der Waals surface area (Å²) >= 11 is 3.10. The summed E-state index contributed by atoms with van der Waals surface area (Å²) in [5.74, 6) is -3.10. The fourth-order valence-corrected chi connectivity index (χ4v) is 1.78. The van der Waals surface area contributed by atoms with Crippen LogP contribution in [0.5, 0.6) is 0 Å². The molecule has 0 heterocycles. The Morgan fingerprint density at radius 1 is 1.29 bits per heavy atom. The number of carboxylic acid groups (broad SMARTS) is 2. The highest BCUT2D eigenvalue weighted by atomic mass is 79.9. The first-order valence-electron chi connectivity index (χ1n) is 5.76. The van der Waals surface area contributed by atoms with Crippen molar-refractivity contribution in [2.75, 3.05) is 5.32 Å². The maximum absolute atomic E-state index is 13.0. The van der Waals surface area contributed by atoms with Crippen molar-refractivity contribution in [1.29, 1.82) is 0 Å². The number of hydrogen-bond donors (Lipinski definition) is 4. The van der Waals surface area contributed by atoms with Crippen LogP contribution < -0.4 is 10.6 Å². The van der Waals surface area contributed by atoms with Gasteiger partial charge in [0.15, 0.2) is 0 Å². The molecule has 1 atom stereocenters. The normalized spacial score (nSPS) is 11.5. The first-order valence-corrected chi connectivity index (χ1v) is 6.56. The summed E-state index contributed by atoms with van der Waals surface area (Å²) in [4.78, 5) is 33.0. The van der Waals surface area contributed by atoms with E-state index in [9.17, 15) is 18.8 Å². The minimum atomic E-state index is -1.36. The Labute approximate surface area is 127 Å². The number of rotatable bonds is 6. The van der Waals surface area contributed by atoms with Crippen molar-refractivity contribution in [2.45, 2.75) is 18.9 Å². The van der Waals surface area contributed by atoms with E-state index in [1.54, 1.807) is 0 Å². The maximum Gasteiger partial charge on any atom is 0.326 e. The highest BCUT2D eigenvalue weighted by molar-refractivity contribution is 9.10. The molecule has 0 aliphatic heterocycles. The summed E-state index contributed by atoms with van der Waals surface area (Å²) in [6, 6.07) is 1.38. The van der Waals surface area contributed by atoms with Gasteiger partial charge in [0.25, 0.3) is 0 Å². The number of aliphatic carboxylic acids is 2. The first kappa shape index (κ1) is 16.9. The van der Waals surface area contributed by atoms with Crippen molar-refractivity contribution in [3.8, 4) is 0 Å². The van der Waals surface area contributed by atoms with Crippen molar-refractivity contribution < 1.29 is 29.0 Å². The molecule has 9 heteroatoms. The van der Waals surface area contributed by atoms with Crippen molar-refractivity contribution in [1.82, 2.24) is 5.32 Å². The number of hydrogen-bond acceptors (Lipinski definition) is 3. The van der Waals surface area contributed by atoms with Gasteiger partial charge in [-0.2, -0.15) is 0 Å². The Morgan fingerprint density at radius 3 is 2.52 bits per heavy atom. The molecule has 0 fully saturated rings. The Balaban J connectivity index is 2.67. The van der Waals surface area contributed by atoms with E-state index >= 15 is 0 Å². The number of carbonyl (C=O) groups is 3. The molecule has 0 aliphatic carbocycles. The van der Waals surface area contributed by atoms with Gasteiger partial charge >= 0.3 is 18.0 Å². The summed E-state index contributed by atoms with van der Waals surface area (Å²) < 4.78 is 13.5. The Bertz CT molecular complexity index is 567. The molecule has 2 amide bonds. The topological polar surface area (TPSA) is 116 Å². The number of urea groups is 1. The van der Waals surface area contributed by atoms with Gasteiger partial charge in [-0.05, 0) is 40.5 Å². The van der Waals surface area contributed by atoms with Gasteiger partial charge in [-0.1, -0.05) is 0 Å². The van der Waals surface area contributed by atoms with Gasteiger partial charge in [0.05, 0.1) is 5.69 Å². The van der Waals surface area contributed by atoms with Crippen LogP contribution in [0.25, 0.3) is 0 Å². The SMILES string of the molecule is O=C(O)CC[C@H](NC(=O)Nc1cc(F)ccc1Br)C(=O)O. The fraction of sp³-hybridized carbons (Fsp3) is 0.250. The Morgan fingerprint density at radius 2 is 1.95 bits per heavy atom.